The van der Waals surface area contributed by atoms with Gasteiger partial charge in [-0.1, -0.05) is 35.9 Å². The highest BCUT2D eigenvalue weighted by Crippen LogP contribution is 2.34. The van der Waals surface area contributed by atoms with Crippen molar-refractivity contribution in [1.82, 2.24) is 0 Å². The fourth-order valence-electron chi connectivity index (χ4n) is 2.87. The number of rotatable bonds is 4. The Balaban J connectivity index is 1.49. The van der Waals surface area contributed by atoms with E-state index < -0.39 is 5.97 Å². The Morgan fingerprint density at radius 1 is 1.00 bits per heavy atom. The molecule has 0 saturated carbocycles. The summed E-state index contributed by atoms with van der Waals surface area (Å²) in [5, 5.41) is 0.326. The smallest absolute Gasteiger partial charge is 0.345 e. The number of halogens is 1. The number of carbonyl (C=O) groups excluding carboxylic acids is 2. The maximum atomic E-state index is 12.5. The third-order valence-electron chi connectivity index (χ3n) is 4.36. The van der Waals surface area contributed by atoms with Crippen molar-refractivity contribution in [3.63, 3.8) is 0 Å². The summed E-state index contributed by atoms with van der Waals surface area (Å²) in [6.07, 6.45) is 1.63. The molecule has 6 heteroatoms. The third-order valence-corrected chi connectivity index (χ3v) is 4.69. The number of allylic oxidation sites excluding steroid dienone is 1. The lowest BCUT2D eigenvalue weighted by atomic mass is 10.1. The van der Waals surface area contributed by atoms with Gasteiger partial charge in [0.05, 0.1) is 23.3 Å². The summed E-state index contributed by atoms with van der Waals surface area (Å²) in [5.74, 6) is 0.920. The lowest BCUT2D eigenvalue weighted by molar-refractivity contribution is 0.0734. The number of Topliss-reactive ketones (excluding diaryl/α,β-unsaturated/α-hetero) is 1. The van der Waals surface area contributed by atoms with E-state index in [9.17, 15) is 9.59 Å². The molecule has 0 amide bonds. The minimum atomic E-state index is -0.541. The minimum Gasteiger partial charge on any atom is -0.497 e. The molecule has 0 aliphatic carbocycles. The summed E-state index contributed by atoms with van der Waals surface area (Å²) in [7, 11) is 1.55. The first-order valence-corrected chi connectivity index (χ1v) is 9.12. The highest BCUT2D eigenvalue weighted by atomic mass is 35.5. The number of benzene rings is 3. The largest absolute Gasteiger partial charge is 0.497 e. The van der Waals surface area contributed by atoms with Gasteiger partial charge in [-0.2, -0.15) is 0 Å². The fraction of sp³-hybridized carbons (Fsp3) is 0.0435. The highest BCUT2D eigenvalue weighted by molar-refractivity contribution is 6.33. The van der Waals surface area contributed by atoms with E-state index in [1.165, 1.54) is 0 Å². The van der Waals surface area contributed by atoms with Crippen molar-refractivity contribution in [2.45, 2.75) is 0 Å². The Labute approximate surface area is 172 Å². The van der Waals surface area contributed by atoms with Gasteiger partial charge >= 0.3 is 5.97 Å². The molecule has 0 radical (unpaired) electrons. The van der Waals surface area contributed by atoms with Gasteiger partial charge in [-0.25, -0.2) is 4.79 Å². The summed E-state index contributed by atoms with van der Waals surface area (Å²) in [5.41, 5.74) is 1.51. The standard InChI is InChI=1S/C23H15ClO5/c1-27-16-10-11-18-20(13-16)29-21(22(18)25)12-14-6-8-15(9-7-14)28-23(26)17-4-2-3-5-19(17)24/h2-13H,1H3/b21-12-. The van der Waals surface area contributed by atoms with Crippen LogP contribution in [0.4, 0.5) is 0 Å². The van der Waals surface area contributed by atoms with Crippen molar-refractivity contribution >= 4 is 29.4 Å². The number of fused-ring (bicyclic) bond motifs is 1. The van der Waals surface area contributed by atoms with Crippen molar-refractivity contribution in [2.75, 3.05) is 7.11 Å². The van der Waals surface area contributed by atoms with Gasteiger partial charge in [0.1, 0.15) is 17.2 Å². The number of hydrogen-bond donors (Lipinski definition) is 0. The molecule has 0 bridgehead atoms. The number of hydrogen-bond acceptors (Lipinski definition) is 5. The molecule has 5 nitrogen and oxygen atoms in total. The van der Waals surface area contributed by atoms with Gasteiger partial charge in [-0.05, 0) is 48.0 Å². The minimum absolute atomic E-state index is 0.197. The molecule has 0 spiro atoms. The van der Waals surface area contributed by atoms with Crippen molar-refractivity contribution < 1.29 is 23.8 Å². The molecule has 0 fully saturated rings. The van der Waals surface area contributed by atoms with Crippen molar-refractivity contribution in [3.8, 4) is 17.2 Å². The van der Waals surface area contributed by atoms with Crippen LogP contribution in [0.2, 0.25) is 5.02 Å². The molecular weight excluding hydrogens is 392 g/mol. The van der Waals surface area contributed by atoms with Crippen LogP contribution in [-0.2, 0) is 0 Å². The van der Waals surface area contributed by atoms with Crippen LogP contribution >= 0.6 is 11.6 Å². The Morgan fingerprint density at radius 3 is 2.45 bits per heavy atom. The lowest BCUT2D eigenvalue weighted by Crippen LogP contribution is -2.08. The van der Waals surface area contributed by atoms with Crippen LogP contribution in [0.3, 0.4) is 0 Å². The molecule has 0 atom stereocenters. The molecule has 144 valence electrons. The van der Waals surface area contributed by atoms with Crippen LogP contribution in [0.1, 0.15) is 26.3 Å². The second-order valence-electron chi connectivity index (χ2n) is 6.24. The third kappa shape index (κ3) is 3.86. The number of methoxy groups -OCH3 is 1. The Bertz CT molecular complexity index is 1130. The quantitative estimate of drug-likeness (QED) is 0.339. The van der Waals surface area contributed by atoms with E-state index >= 15 is 0 Å². The van der Waals surface area contributed by atoms with Gasteiger partial charge < -0.3 is 14.2 Å². The van der Waals surface area contributed by atoms with E-state index in [0.29, 0.717) is 33.4 Å². The van der Waals surface area contributed by atoms with Crippen LogP contribution in [0.5, 0.6) is 17.2 Å². The zero-order chi connectivity index (χ0) is 20.4. The van der Waals surface area contributed by atoms with E-state index in [4.69, 9.17) is 25.8 Å². The second-order valence-corrected chi connectivity index (χ2v) is 6.65. The van der Waals surface area contributed by atoms with E-state index in [1.54, 1.807) is 79.9 Å². The normalized spacial score (nSPS) is 13.7. The Morgan fingerprint density at radius 2 is 1.72 bits per heavy atom. The molecule has 4 rings (SSSR count). The molecule has 29 heavy (non-hydrogen) atoms. The molecule has 0 unspecified atom stereocenters. The second kappa shape index (κ2) is 7.81. The summed E-state index contributed by atoms with van der Waals surface area (Å²) < 4.78 is 16.2. The first-order valence-electron chi connectivity index (χ1n) is 8.74. The summed E-state index contributed by atoms with van der Waals surface area (Å²) in [6, 6.07) is 18.5. The SMILES string of the molecule is COc1ccc2c(c1)O/C(=C\c1ccc(OC(=O)c3ccccc3Cl)cc1)C2=O. The van der Waals surface area contributed by atoms with Crippen molar-refractivity contribution in [2.24, 2.45) is 0 Å². The fourth-order valence-corrected chi connectivity index (χ4v) is 3.08. The summed E-state index contributed by atoms with van der Waals surface area (Å²) in [6.45, 7) is 0. The molecule has 0 saturated heterocycles. The Hall–Kier alpha value is -3.57. The lowest BCUT2D eigenvalue weighted by Gasteiger charge is -2.06. The van der Waals surface area contributed by atoms with Gasteiger partial charge in [-0.3, -0.25) is 4.79 Å². The highest BCUT2D eigenvalue weighted by Gasteiger charge is 2.27. The summed E-state index contributed by atoms with van der Waals surface area (Å²) >= 11 is 6.01. The average Bonchev–Trinajstić information content (AvgIpc) is 3.04. The number of carbonyl (C=O) groups is 2. The van der Waals surface area contributed by atoms with Crippen LogP contribution in [0.25, 0.3) is 6.08 Å². The first-order chi connectivity index (χ1) is 14.0. The predicted molar refractivity (Wildman–Crippen MR) is 109 cm³/mol. The molecule has 0 N–H and O–H groups in total. The summed E-state index contributed by atoms with van der Waals surface area (Å²) in [4.78, 5) is 24.7. The van der Waals surface area contributed by atoms with Gasteiger partial charge in [-0.15, -0.1) is 0 Å². The molecule has 1 aliphatic rings. The van der Waals surface area contributed by atoms with Gasteiger partial charge in [0.2, 0.25) is 5.78 Å². The van der Waals surface area contributed by atoms with E-state index in [2.05, 4.69) is 0 Å². The maximum Gasteiger partial charge on any atom is 0.345 e. The molecule has 3 aromatic rings. The van der Waals surface area contributed by atoms with E-state index in [1.807, 2.05) is 0 Å². The van der Waals surface area contributed by atoms with Crippen LogP contribution in [0.15, 0.2) is 72.5 Å². The van der Waals surface area contributed by atoms with Crippen LogP contribution in [-0.4, -0.2) is 18.9 Å². The van der Waals surface area contributed by atoms with Gasteiger partial charge in [0.15, 0.2) is 5.76 Å². The molecule has 3 aromatic carbocycles. The van der Waals surface area contributed by atoms with Gasteiger partial charge in [0.25, 0.3) is 0 Å². The number of ketones is 1. The maximum absolute atomic E-state index is 12.5. The van der Waals surface area contributed by atoms with E-state index in [0.717, 1.165) is 5.56 Å². The number of esters is 1. The average molecular weight is 407 g/mol. The van der Waals surface area contributed by atoms with Crippen LogP contribution < -0.4 is 14.2 Å². The molecule has 0 aromatic heterocycles. The Kier molecular flexibility index (Phi) is 5.06. The van der Waals surface area contributed by atoms with Crippen LogP contribution in [0, 0.1) is 0 Å². The van der Waals surface area contributed by atoms with E-state index in [-0.39, 0.29) is 11.5 Å². The van der Waals surface area contributed by atoms with Crippen molar-refractivity contribution in [1.29, 1.82) is 0 Å². The topological polar surface area (TPSA) is 61.8 Å². The number of ether oxygens (including phenoxy) is 3. The van der Waals surface area contributed by atoms with Crippen molar-refractivity contribution in [3.05, 3.63) is 94.2 Å². The zero-order valence-electron chi connectivity index (χ0n) is 15.3. The predicted octanol–water partition coefficient (Wildman–Crippen LogP) is 5.18. The zero-order valence-corrected chi connectivity index (χ0v) is 16.1. The van der Waals surface area contributed by atoms with Gasteiger partial charge in [0, 0.05) is 6.07 Å². The first kappa shape index (κ1) is 18.8. The molecule has 1 aliphatic heterocycles. The molecule has 1 heterocycles. The monoisotopic (exact) mass is 406 g/mol. The molecular formula is C23H15ClO5.